The molecule has 21 heavy (non-hydrogen) atoms. The van der Waals surface area contributed by atoms with Gasteiger partial charge in [0.25, 0.3) is 0 Å². The molecule has 106 valence electrons. The Morgan fingerprint density at radius 2 is 1.33 bits per heavy atom. The molecular weight excluding hydrogens is 264 g/mol. The summed E-state index contributed by atoms with van der Waals surface area (Å²) in [6.07, 6.45) is 1.06. The highest BCUT2D eigenvalue weighted by molar-refractivity contribution is 6.35. The molecule has 2 aromatic rings. The Kier molecular flexibility index (Phi) is 3.82. The zero-order valence-electron chi connectivity index (χ0n) is 11.6. The zero-order chi connectivity index (χ0) is 14.7. The Morgan fingerprint density at radius 3 is 1.76 bits per heavy atom. The van der Waals surface area contributed by atoms with Crippen molar-refractivity contribution in [1.29, 1.82) is 0 Å². The number of rotatable bonds is 5. The first-order valence-electron chi connectivity index (χ1n) is 7.10. The van der Waals surface area contributed by atoms with Crippen LogP contribution in [0.5, 0.6) is 0 Å². The predicted molar refractivity (Wildman–Crippen MR) is 78.6 cm³/mol. The number of benzene rings is 2. The summed E-state index contributed by atoms with van der Waals surface area (Å²) in [7, 11) is 0. The SMILES string of the molecule is O=C(OC(c1ccccc1)c1ccccc1)C(=O)C1CC1. The van der Waals surface area contributed by atoms with Crippen LogP contribution in [0.3, 0.4) is 0 Å². The topological polar surface area (TPSA) is 43.4 Å². The van der Waals surface area contributed by atoms with Gasteiger partial charge in [0.1, 0.15) is 0 Å². The number of esters is 1. The van der Waals surface area contributed by atoms with Crippen molar-refractivity contribution in [3.05, 3.63) is 71.8 Å². The molecule has 0 aliphatic heterocycles. The molecule has 0 atom stereocenters. The van der Waals surface area contributed by atoms with Crippen molar-refractivity contribution in [3.8, 4) is 0 Å². The number of ether oxygens (including phenoxy) is 1. The first-order valence-corrected chi connectivity index (χ1v) is 7.10. The zero-order valence-corrected chi connectivity index (χ0v) is 11.6. The Bertz CT molecular complexity index is 591. The van der Waals surface area contributed by atoms with E-state index in [2.05, 4.69) is 0 Å². The maximum Gasteiger partial charge on any atom is 0.375 e. The monoisotopic (exact) mass is 280 g/mol. The number of Topliss-reactive ketones (excluding diaryl/α,β-unsaturated/α-hetero) is 1. The predicted octanol–water partition coefficient (Wildman–Crippen LogP) is 3.30. The standard InChI is InChI=1S/C18H16O3/c19-16(13-11-12-13)18(20)21-17(14-7-3-1-4-8-14)15-9-5-2-6-10-15/h1-10,13,17H,11-12H2. The second-order valence-corrected chi connectivity index (χ2v) is 5.25. The summed E-state index contributed by atoms with van der Waals surface area (Å²) in [5.74, 6) is -1.24. The van der Waals surface area contributed by atoms with Gasteiger partial charge in [-0.2, -0.15) is 0 Å². The molecule has 0 saturated heterocycles. The first-order chi connectivity index (χ1) is 10.3. The maximum absolute atomic E-state index is 12.0. The van der Waals surface area contributed by atoms with Crippen LogP contribution >= 0.6 is 0 Å². The van der Waals surface area contributed by atoms with Gasteiger partial charge in [0.2, 0.25) is 5.78 Å². The molecule has 0 N–H and O–H groups in total. The summed E-state index contributed by atoms with van der Waals surface area (Å²) in [5.41, 5.74) is 1.72. The van der Waals surface area contributed by atoms with Crippen molar-refractivity contribution >= 4 is 11.8 Å². The summed E-state index contributed by atoms with van der Waals surface area (Å²) in [4.78, 5) is 23.8. The Hall–Kier alpha value is -2.42. The molecule has 1 saturated carbocycles. The fourth-order valence-electron chi connectivity index (χ4n) is 2.26. The smallest absolute Gasteiger partial charge is 0.375 e. The lowest BCUT2D eigenvalue weighted by molar-refractivity contribution is -0.157. The number of hydrogen-bond donors (Lipinski definition) is 0. The minimum Gasteiger partial charge on any atom is -0.447 e. The molecule has 2 aromatic carbocycles. The lowest BCUT2D eigenvalue weighted by atomic mass is 10.0. The van der Waals surface area contributed by atoms with E-state index in [1.165, 1.54) is 0 Å². The van der Waals surface area contributed by atoms with E-state index in [0.717, 1.165) is 24.0 Å². The molecule has 3 nitrogen and oxygen atoms in total. The van der Waals surface area contributed by atoms with Gasteiger partial charge in [0.05, 0.1) is 0 Å². The first kappa shape index (κ1) is 13.6. The number of hydrogen-bond acceptors (Lipinski definition) is 3. The summed E-state index contributed by atoms with van der Waals surface area (Å²) < 4.78 is 5.50. The normalized spacial score (nSPS) is 14.0. The second-order valence-electron chi connectivity index (χ2n) is 5.25. The van der Waals surface area contributed by atoms with Crippen LogP contribution in [-0.4, -0.2) is 11.8 Å². The average molecular weight is 280 g/mol. The van der Waals surface area contributed by atoms with E-state index < -0.39 is 17.9 Å². The summed E-state index contributed by atoms with van der Waals surface area (Å²) in [6.45, 7) is 0. The molecular formula is C18H16O3. The largest absolute Gasteiger partial charge is 0.447 e. The third-order valence-electron chi connectivity index (χ3n) is 3.58. The molecule has 0 radical (unpaired) electrons. The van der Waals surface area contributed by atoms with Gasteiger partial charge in [-0.1, -0.05) is 60.7 Å². The Labute approximate surface area is 123 Å². The maximum atomic E-state index is 12.0. The number of ketones is 1. The summed E-state index contributed by atoms with van der Waals surface area (Å²) in [5, 5.41) is 0. The van der Waals surface area contributed by atoms with Crippen LogP contribution in [0, 0.1) is 5.92 Å². The molecule has 3 heteroatoms. The van der Waals surface area contributed by atoms with Crippen molar-refractivity contribution in [2.24, 2.45) is 5.92 Å². The molecule has 0 heterocycles. The molecule has 0 amide bonds. The molecule has 0 unspecified atom stereocenters. The molecule has 3 rings (SSSR count). The number of carbonyl (C=O) groups excluding carboxylic acids is 2. The van der Waals surface area contributed by atoms with Crippen molar-refractivity contribution in [1.82, 2.24) is 0 Å². The third-order valence-corrected chi connectivity index (χ3v) is 3.58. The van der Waals surface area contributed by atoms with Gasteiger partial charge in [-0.3, -0.25) is 4.79 Å². The highest BCUT2D eigenvalue weighted by Crippen LogP contribution is 2.32. The average Bonchev–Trinajstić information content (AvgIpc) is 3.38. The summed E-state index contributed by atoms with van der Waals surface area (Å²) >= 11 is 0. The van der Waals surface area contributed by atoms with Crippen LogP contribution in [-0.2, 0) is 14.3 Å². The molecule has 0 bridgehead atoms. The lowest BCUT2D eigenvalue weighted by Crippen LogP contribution is -2.22. The highest BCUT2D eigenvalue weighted by atomic mass is 16.5. The van der Waals surface area contributed by atoms with Gasteiger partial charge in [-0.15, -0.1) is 0 Å². The van der Waals surface area contributed by atoms with E-state index in [1.54, 1.807) is 0 Å². The van der Waals surface area contributed by atoms with Gasteiger partial charge in [0, 0.05) is 5.92 Å². The minimum atomic E-state index is -0.727. The van der Waals surface area contributed by atoms with Crippen LogP contribution in [0.15, 0.2) is 60.7 Å². The van der Waals surface area contributed by atoms with E-state index in [0.29, 0.717) is 0 Å². The van der Waals surface area contributed by atoms with Crippen LogP contribution in [0.1, 0.15) is 30.1 Å². The highest BCUT2D eigenvalue weighted by Gasteiger charge is 2.36. The molecule has 1 aliphatic rings. The third kappa shape index (κ3) is 3.19. The van der Waals surface area contributed by atoms with Crippen molar-refractivity contribution in [3.63, 3.8) is 0 Å². The fraction of sp³-hybridized carbons (Fsp3) is 0.222. The van der Waals surface area contributed by atoms with Crippen LogP contribution < -0.4 is 0 Å². The number of carbonyl (C=O) groups is 2. The van der Waals surface area contributed by atoms with E-state index in [9.17, 15) is 9.59 Å². The van der Waals surface area contributed by atoms with E-state index in [4.69, 9.17) is 4.74 Å². The molecule has 0 spiro atoms. The summed E-state index contributed by atoms with van der Waals surface area (Å²) in [6, 6.07) is 19.0. The molecule has 0 aromatic heterocycles. The van der Waals surface area contributed by atoms with Gasteiger partial charge < -0.3 is 4.74 Å². The van der Waals surface area contributed by atoms with Gasteiger partial charge >= 0.3 is 5.97 Å². The van der Waals surface area contributed by atoms with Crippen molar-refractivity contribution < 1.29 is 14.3 Å². The van der Waals surface area contributed by atoms with E-state index in [-0.39, 0.29) is 5.92 Å². The minimum absolute atomic E-state index is 0.121. The van der Waals surface area contributed by atoms with Crippen molar-refractivity contribution in [2.75, 3.05) is 0 Å². The van der Waals surface area contributed by atoms with Crippen LogP contribution in [0.25, 0.3) is 0 Å². The Morgan fingerprint density at radius 1 is 0.857 bits per heavy atom. The second kappa shape index (κ2) is 5.92. The Balaban J connectivity index is 1.86. The lowest BCUT2D eigenvalue weighted by Gasteiger charge is -2.18. The van der Waals surface area contributed by atoms with Crippen LogP contribution in [0.2, 0.25) is 0 Å². The van der Waals surface area contributed by atoms with Gasteiger partial charge in [-0.25, -0.2) is 4.79 Å². The van der Waals surface area contributed by atoms with Gasteiger partial charge in [0.15, 0.2) is 6.10 Å². The quantitative estimate of drug-likeness (QED) is 0.623. The van der Waals surface area contributed by atoms with E-state index in [1.807, 2.05) is 60.7 Å². The molecule has 1 aliphatic carbocycles. The van der Waals surface area contributed by atoms with Gasteiger partial charge in [-0.05, 0) is 24.0 Å². The molecule has 1 fully saturated rings. The van der Waals surface area contributed by atoms with Crippen molar-refractivity contribution in [2.45, 2.75) is 18.9 Å². The van der Waals surface area contributed by atoms with Crippen LogP contribution in [0.4, 0.5) is 0 Å². The fourth-order valence-corrected chi connectivity index (χ4v) is 2.26. The van der Waals surface area contributed by atoms with E-state index >= 15 is 0 Å².